The first-order chi connectivity index (χ1) is 9.11. The minimum atomic E-state index is 0.488. The maximum absolute atomic E-state index is 6.18. The maximum atomic E-state index is 6.18. The fourth-order valence-corrected chi connectivity index (χ4v) is 2.40. The average Bonchev–Trinajstić information content (AvgIpc) is 2.41. The molecule has 0 aliphatic heterocycles. The van der Waals surface area contributed by atoms with Gasteiger partial charge in [0.2, 0.25) is 0 Å². The molecule has 1 aromatic heterocycles. The van der Waals surface area contributed by atoms with Gasteiger partial charge in [-0.05, 0) is 35.7 Å². The number of rotatable bonds is 4. The molecule has 0 fully saturated rings. The van der Waals surface area contributed by atoms with E-state index in [1.54, 1.807) is 0 Å². The van der Waals surface area contributed by atoms with Crippen LogP contribution >= 0.6 is 23.2 Å². The third-order valence-corrected chi connectivity index (χ3v) is 3.67. The molecule has 19 heavy (non-hydrogen) atoms. The minimum absolute atomic E-state index is 0.488. The van der Waals surface area contributed by atoms with E-state index in [1.165, 1.54) is 0 Å². The average molecular weight is 295 g/mol. The van der Waals surface area contributed by atoms with Gasteiger partial charge in [-0.15, -0.1) is 11.6 Å². The van der Waals surface area contributed by atoms with Crippen molar-refractivity contribution < 1.29 is 0 Å². The van der Waals surface area contributed by atoms with Crippen molar-refractivity contribution in [3.05, 3.63) is 58.2 Å². The number of anilines is 1. The zero-order chi connectivity index (χ0) is 13.8. The van der Waals surface area contributed by atoms with Crippen molar-refractivity contribution in [1.29, 1.82) is 0 Å². The van der Waals surface area contributed by atoms with Crippen molar-refractivity contribution in [3.63, 3.8) is 0 Å². The van der Waals surface area contributed by atoms with Crippen molar-refractivity contribution in [2.45, 2.75) is 19.3 Å². The second-order valence-corrected chi connectivity index (χ2v) is 5.24. The lowest BCUT2D eigenvalue weighted by Crippen LogP contribution is -2.19. The fourth-order valence-electron chi connectivity index (χ4n) is 2.06. The van der Waals surface area contributed by atoms with Crippen LogP contribution in [0.1, 0.15) is 16.7 Å². The Labute approximate surface area is 124 Å². The predicted octanol–water partition coefficient (Wildman–Crippen LogP) is 4.42. The lowest BCUT2D eigenvalue weighted by Gasteiger charge is -2.21. The smallest absolute Gasteiger partial charge is 0.131 e. The molecule has 0 atom stereocenters. The number of pyridine rings is 1. The highest BCUT2D eigenvalue weighted by Crippen LogP contribution is 2.22. The van der Waals surface area contributed by atoms with E-state index >= 15 is 0 Å². The van der Waals surface area contributed by atoms with E-state index in [9.17, 15) is 0 Å². The molecule has 100 valence electrons. The molecule has 0 unspecified atom stereocenters. The van der Waals surface area contributed by atoms with E-state index in [4.69, 9.17) is 23.2 Å². The zero-order valence-corrected chi connectivity index (χ0v) is 12.5. The molecule has 1 aromatic carbocycles. The number of hydrogen-bond acceptors (Lipinski definition) is 2. The van der Waals surface area contributed by atoms with Crippen LogP contribution in [-0.2, 0) is 12.4 Å². The first-order valence-electron chi connectivity index (χ1n) is 6.08. The quantitative estimate of drug-likeness (QED) is 0.776. The molecule has 2 nitrogen and oxygen atoms in total. The summed E-state index contributed by atoms with van der Waals surface area (Å²) in [5.74, 6) is 1.44. The lowest BCUT2D eigenvalue weighted by atomic mass is 10.2. The van der Waals surface area contributed by atoms with Crippen LogP contribution in [0, 0.1) is 6.92 Å². The standard InChI is InChI=1S/C15H16Cl2N2/c1-11-7-12(8-16)9-18-15(11)19(2)10-13-5-3-4-6-14(13)17/h3-7,9H,8,10H2,1-2H3. The monoisotopic (exact) mass is 294 g/mol. The summed E-state index contributed by atoms with van der Waals surface area (Å²) in [5.41, 5.74) is 3.25. The van der Waals surface area contributed by atoms with Crippen LogP contribution in [0.2, 0.25) is 5.02 Å². The zero-order valence-electron chi connectivity index (χ0n) is 11.0. The Balaban J connectivity index is 2.21. The predicted molar refractivity (Wildman–Crippen MR) is 82.1 cm³/mol. The van der Waals surface area contributed by atoms with Gasteiger partial charge in [0.1, 0.15) is 5.82 Å². The Kier molecular flexibility index (Phi) is 4.67. The van der Waals surface area contributed by atoms with Crippen molar-refractivity contribution in [2.24, 2.45) is 0 Å². The summed E-state index contributed by atoms with van der Waals surface area (Å²) in [6.07, 6.45) is 1.82. The van der Waals surface area contributed by atoms with Gasteiger partial charge in [-0.2, -0.15) is 0 Å². The summed E-state index contributed by atoms with van der Waals surface area (Å²) in [4.78, 5) is 6.57. The van der Waals surface area contributed by atoms with Gasteiger partial charge in [0.05, 0.1) is 0 Å². The summed E-state index contributed by atoms with van der Waals surface area (Å²) < 4.78 is 0. The van der Waals surface area contributed by atoms with Crippen molar-refractivity contribution in [2.75, 3.05) is 11.9 Å². The highest BCUT2D eigenvalue weighted by atomic mass is 35.5. The van der Waals surface area contributed by atoms with Gasteiger partial charge in [0.15, 0.2) is 0 Å². The van der Waals surface area contributed by atoms with E-state index in [0.717, 1.165) is 34.1 Å². The number of halogens is 2. The maximum Gasteiger partial charge on any atom is 0.131 e. The van der Waals surface area contributed by atoms with Crippen LogP contribution in [0.5, 0.6) is 0 Å². The topological polar surface area (TPSA) is 16.1 Å². The van der Waals surface area contributed by atoms with Gasteiger partial charge >= 0.3 is 0 Å². The molecule has 0 aliphatic rings. The van der Waals surface area contributed by atoms with Crippen molar-refractivity contribution in [1.82, 2.24) is 4.98 Å². The molecule has 0 N–H and O–H groups in total. The van der Waals surface area contributed by atoms with Crippen LogP contribution in [0.25, 0.3) is 0 Å². The number of aryl methyl sites for hydroxylation is 1. The lowest BCUT2D eigenvalue weighted by molar-refractivity contribution is 0.889. The molecule has 4 heteroatoms. The number of benzene rings is 1. The van der Waals surface area contributed by atoms with Gasteiger partial charge in [0, 0.05) is 30.7 Å². The third kappa shape index (κ3) is 3.40. The molecule has 2 rings (SSSR count). The van der Waals surface area contributed by atoms with Gasteiger partial charge in [-0.25, -0.2) is 4.98 Å². The fraction of sp³-hybridized carbons (Fsp3) is 0.267. The molecule has 0 bridgehead atoms. The highest BCUT2D eigenvalue weighted by molar-refractivity contribution is 6.31. The van der Waals surface area contributed by atoms with Crippen LogP contribution < -0.4 is 4.90 Å². The molecule has 2 aromatic rings. The van der Waals surface area contributed by atoms with E-state index in [0.29, 0.717) is 5.88 Å². The van der Waals surface area contributed by atoms with Gasteiger partial charge < -0.3 is 4.90 Å². The number of aromatic nitrogens is 1. The molecule has 0 radical (unpaired) electrons. The Morgan fingerprint density at radius 2 is 2.00 bits per heavy atom. The SMILES string of the molecule is Cc1cc(CCl)cnc1N(C)Cc1ccccc1Cl. The molecule has 0 aliphatic carbocycles. The van der Waals surface area contributed by atoms with E-state index in [-0.39, 0.29) is 0 Å². The summed E-state index contributed by atoms with van der Waals surface area (Å²) in [5, 5.41) is 0.782. The Morgan fingerprint density at radius 1 is 1.26 bits per heavy atom. The number of nitrogens with zero attached hydrogens (tertiary/aromatic N) is 2. The van der Waals surface area contributed by atoms with Gasteiger partial charge in [-0.3, -0.25) is 0 Å². The van der Waals surface area contributed by atoms with Crippen LogP contribution in [0.3, 0.4) is 0 Å². The molecular weight excluding hydrogens is 279 g/mol. The molecule has 0 saturated heterocycles. The van der Waals surface area contributed by atoms with Crippen molar-refractivity contribution in [3.8, 4) is 0 Å². The van der Waals surface area contributed by atoms with Gasteiger partial charge in [-0.1, -0.05) is 29.8 Å². The second-order valence-electron chi connectivity index (χ2n) is 4.57. The van der Waals surface area contributed by atoms with Crippen LogP contribution in [0.15, 0.2) is 36.5 Å². The molecule has 1 heterocycles. The summed E-state index contributed by atoms with van der Waals surface area (Å²) in [6, 6.07) is 9.93. The van der Waals surface area contributed by atoms with E-state index < -0.39 is 0 Å². The molecule has 0 saturated carbocycles. The first-order valence-corrected chi connectivity index (χ1v) is 6.99. The molecule has 0 amide bonds. The second kappa shape index (κ2) is 6.27. The summed E-state index contributed by atoms with van der Waals surface area (Å²) in [7, 11) is 2.01. The van der Waals surface area contributed by atoms with E-state index in [1.807, 2.05) is 44.4 Å². The first kappa shape index (κ1) is 14.2. The Morgan fingerprint density at radius 3 is 2.63 bits per heavy atom. The number of alkyl halides is 1. The molecular formula is C15H16Cl2N2. The molecule has 0 spiro atoms. The van der Waals surface area contributed by atoms with E-state index in [2.05, 4.69) is 16.0 Å². The van der Waals surface area contributed by atoms with Crippen molar-refractivity contribution >= 4 is 29.0 Å². The largest absolute Gasteiger partial charge is 0.355 e. The van der Waals surface area contributed by atoms with Crippen LogP contribution in [-0.4, -0.2) is 12.0 Å². The normalized spacial score (nSPS) is 10.5. The minimum Gasteiger partial charge on any atom is -0.355 e. The Bertz CT molecular complexity index is 570. The number of hydrogen-bond donors (Lipinski definition) is 0. The Hall–Kier alpha value is -1.25. The summed E-state index contributed by atoms with van der Waals surface area (Å²) >= 11 is 12.0. The highest BCUT2D eigenvalue weighted by Gasteiger charge is 2.09. The third-order valence-electron chi connectivity index (χ3n) is 2.99. The summed E-state index contributed by atoms with van der Waals surface area (Å²) in [6.45, 7) is 2.77. The van der Waals surface area contributed by atoms with Gasteiger partial charge in [0.25, 0.3) is 0 Å². The van der Waals surface area contributed by atoms with Crippen LogP contribution in [0.4, 0.5) is 5.82 Å².